The van der Waals surface area contributed by atoms with Crippen molar-refractivity contribution in [2.24, 2.45) is 0 Å². The predicted molar refractivity (Wildman–Crippen MR) is 61.7 cm³/mol. The fourth-order valence-corrected chi connectivity index (χ4v) is 1.30. The van der Waals surface area contributed by atoms with Crippen LogP contribution in [0.25, 0.3) is 0 Å². The molecule has 16 heavy (non-hydrogen) atoms. The van der Waals surface area contributed by atoms with Crippen LogP contribution in [0, 0.1) is 6.61 Å². The van der Waals surface area contributed by atoms with Gasteiger partial charge in [0.25, 0.3) is 0 Å². The van der Waals surface area contributed by atoms with Crippen LogP contribution in [0.2, 0.25) is 0 Å². The minimum atomic E-state index is -0.343. The number of carbonyl (C=O) groups excluding carboxylic acids is 1. The van der Waals surface area contributed by atoms with Crippen LogP contribution in [0.15, 0.2) is 60.7 Å². The van der Waals surface area contributed by atoms with Gasteiger partial charge in [0, 0.05) is 0 Å². The van der Waals surface area contributed by atoms with Crippen molar-refractivity contribution in [3.63, 3.8) is 0 Å². The van der Waals surface area contributed by atoms with E-state index in [1.54, 1.807) is 24.3 Å². The molecular weight excluding hydrogens is 200 g/mol. The van der Waals surface area contributed by atoms with Crippen LogP contribution in [-0.2, 0) is 4.74 Å². The summed E-state index contributed by atoms with van der Waals surface area (Å²) in [7, 11) is 0. The van der Waals surface area contributed by atoms with Gasteiger partial charge in [-0.1, -0.05) is 48.5 Å². The Bertz CT molecular complexity index is 449. The fourth-order valence-electron chi connectivity index (χ4n) is 1.30. The highest BCUT2D eigenvalue weighted by molar-refractivity contribution is 5.89. The first-order chi connectivity index (χ1) is 7.86. The lowest BCUT2D eigenvalue weighted by Crippen LogP contribution is -2.03. The number of hydrogen-bond donors (Lipinski definition) is 0. The average Bonchev–Trinajstić information content (AvgIpc) is 2.38. The zero-order valence-corrected chi connectivity index (χ0v) is 8.67. The summed E-state index contributed by atoms with van der Waals surface area (Å²) in [6.45, 7) is 1.45. The standard InChI is InChI=1S/C14H11O2/c15-14(13-9-5-2-6-10-13)16-11-12-7-3-1-4-8-12/h1-11H. The Morgan fingerprint density at radius 1 is 0.875 bits per heavy atom. The summed E-state index contributed by atoms with van der Waals surface area (Å²) in [6, 6.07) is 18.4. The van der Waals surface area contributed by atoms with Crippen LogP contribution in [0.4, 0.5) is 0 Å². The van der Waals surface area contributed by atoms with Crippen LogP contribution >= 0.6 is 0 Å². The van der Waals surface area contributed by atoms with Gasteiger partial charge in [0.15, 0.2) is 6.61 Å². The van der Waals surface area contributed by atoms with Gasteiger partial charge in [-0.05, 0) is 17.7 Å². The fraction of sp³-hybridized carbons (Fsp3) is 0. The zero-order chi connectivity index (χ0) is 11.2. The van der Waals surface area contributed by atoms with Crippen LogP contribution in [0.3, 0.4) is 0 Å². The van der Waals surface area contributed by atoms with Crippen LogP contribution in [0.5, 0.6) is 0 Å². The summed E-state index contributed by atoms with van der Waals surface area (Å²) in [6.07, 6.45) is 0. The van der Waals surface area contributed by atoms with Gasteiger partial charge in [-0.15, -0.1) is 0 Å². The Morgan fingerprint density at radius 3 is 2.06 bits per heavy atom. The van der Waals surface area contributed by atoms with Crippen molar-refractivity contribution >= 4 is 5.97 Å². The van der Waals surface area contributed by atoms with E-state index < -0.39 is 0 Å². The molecule has 0 N–H and O–H groups in total. The number of hydrogen-bond acceptors (Lipinski definition) is 2. The second-order valence-corrected chi connectivity index (χ2v) is 3.30. The van der Waals surface area contributed by atoms with Gasteiger partial charge in [-0.25, -0.2) is 4.79 Å². The third-order valence-corrected chi connectivity index (χ3v) is 2.11. The molecule has 79 valence electrons. The lowest BCUT2D eigenvalue weighted by molar-refractivity contribution is 0.0621. The van der Waals surface area contributed by atoms with Crippen molar-refractivity contribution in [2.45, 2.75) is 0 Å². The first kappa shape index (κ1) is 10.4. The minimum Gasteiger partial charge on any atom is -0.450 e. The number of esters is 1. The largest absolute Gasteiger partial charge is 0.450 e. The minimum absolute atomic E-state index is 0.343. The third-order valence-electron chi connectivity index (χ3n) is 2.11. The molecule has 0 bridgehead atoms. The Morgan fingerprint density at radius 2 is 1.44 bits per heavy atom. The van der Waals surface area contributed by atoms with Gasteiger partial charge in [-0.2, -0.15) is 0 Å². The molecule has 2 aromatic rings. The second-order valence-electron chi connectivity index (χ2n) is 3.30. The Labute approximate surface area is 94.5 Å². The molecule has 2 nitrogen and oxygen atoms in total. The van der Waals surface area contributed by atoms with Crippen molar-refractivity contribution in [3.05, 3.63) is 78.4 Å². The van der Waals surface area contributed by atoms with E-state index in [0.717, 1.165) is 5.56 Å². The molecule has 0 saturated carbocycles. The summed E-state index contributed by atoms with van der Waals surface area (Å²) in [5.41, 5.74) is 1.42. The lowest BCUT2D eigenvalue weighted by Gasteiger charge is -2.03. The van der Waals surface area contributed by atoms with Crippen LogP contribution in [-0.4, -0.2) is 5.97 Å². The quantitative estimate of drug-likeness (QED) is 0.729. The number of ether oxygens (including phenoxy) is 1. The Hall–Kier alpha value is -2.09. The van der Waals surface area contributed by atoms with Crippen molar-refractivity contribution in [2.75, 3.05) is 0 Å². The molecule has 0 aromatic heterocycles. The third kappa shape index (κ3) is 2.70. The molecule has 0 fully saturated rings. The number of rotatable bonds is 3. The van der Waals surface area contributed by atoms with Crippen molar-refractivity contribution < 1.29 is 9.53 Å². The molecule has 0 amide bonds. The summed E-state index contributed by atoms with van der Waals surface area (Å²) in [4.78, 5) is 11.6. The maximum Gasteiger partial charge on any atom is 0.338 e. The van der Waals surface area contributed by atoms with Gasteiger partial charge < -0.3 is 4.74 Å². The van der Waals surface area contributed by atoms with E-state index >= 15 is 0 Å². The lowest BCUT2D eigenvalue weighted by atomic mass is 10.2. The van der Waals surface area contributed by atoms with Gasteiger partial charge in [-0.3, -0.25) is 0 Å². The van der Waals surface area contributed by atoms with E-state index in [4.69, 9.17) is 4.74 Å². The summed E-state index contributed by atoms with van der Waals surface area (Å²) >= 11 is 0. The van der Waals surface area contributed by atoms with Crippen molar-refractivity contribution in [1.29, 1.82) is 0 Å². The molecule has 0 unspecified atom stereocenters. The highest BCUT2D eigenvalue weighted by atomic mass is 16.5. The molecule has 0 aliphatic carbocycles. The Kier molecular flexibility index (Phi) is 3.34. The van der Waals surface area contributed by atoms with Crippen LogP contribution < -0.4 is 0 Å². The molecular formula is C14H11O2. The van der Waals surface area contributed by atoms with Crippen molar-refractivity contribution in [3.8, 4) is 0 Å². The summed E-state index contributed by atoms with van der Waals surface area (Å²) < 4.78 is 5.05. The molecule has 0 saturated heterocycles. The first-order valence-electron chi connectivity index (χ1n) is 5.00. The van der Waals surface area contributed by atoms with E-state index in [0.29, 0.717) is 5.56 Å². The molecule has 0 heterocycles. The predicted octanol–water partition coefficient (Wildman–Crippen LogP) is 3.05. The van der Waals surface area contributed by atoms with Gasteiger partial charge in [0.05, 0.1) is 5.56 Å². The molecule has 0 atom stereocenters. The van der Waals surface area contributed by atoms with Crippen molar-refractivity contribution in [1.82, 2.24) is 0 Å². The maximum absolute atomic E-state index is 11.6. The SMILES string of the molecule is O=C(O[CH]c1ccccc1)c1ccccc1. The van der Waals surface area contributed by atoms with E-state index in [9.17, 15) is 4.79 Å². The second kappa shape index (κ2) is 5.12. The number of carbonyl (C=O) groups is 1. The van der Waals surface area contributed by atoms with Gasteiger partial charge in [0.2, 0.25) is 0 Å². The smallest absolute Gasteiger partial charge is 0.338 e. The normalized spacial score (nSPS) is 9.75. The van der Waals surface area contributed by atoms with Gasteiger partial charge >= 0.3 is 5.97 Å². The van der Waals surface area contributed by atoms with E-state index in [1.165, 1.54) is 6.61 Å². The molecule has 0 aliphatic heterocycles. The zero-order valence-electron chi connectivity index (χ0n) is 8.67. The molecule has 2 rings (SSSR count). The molecule has 0 aliphatic rings. The van der Waals surface area contributed by atoms with Crippen LogP contribution in [0.1, 0.15) is 15.9 Å². The van der Waals surface area contributed by atoms with E-state index in [2.05, 4.69) is 0 Å². The molecule has 0 spiro atoms. The summed E-state index contributed by atoms with van der Waals surface area (Å²) in [5, 5.41) is 0. The first-order valence-corrected chi connectivity index (χ1v) is 5.00. The van der Waals surface area contributed by atoms with E-state index in [1.807, 2.05) is 36.4 Å². The average molecular weight is 211 g/mol. The monoisotopic (exact) mass is 211 g/mol. The molecule has 2 aromatic carbocycles. The Balaban J connectivity index is 1.95. The molecule has 2 heteroatoms. The number of benzene rings is 2. The summed E-state index contributed by atoms with van der Waals surface area (Å²) in [5.74, 6) is -0.343. The maximum atomic E-state index is 11.6. The molecule has 1 radical (unpaired) electrons. The highest BCUT2D eigenvalue weighted by Gasteiger charge is 2.05. The topological polar surface area (TPSA) is 26.3 Å². The van der Waals surface area contributed by atoms with E-state index in [-0.39, 0.29) is 5.97 Å². The van der Waals surface area contributed by atoms with Gasteiger partial charge in [0.1, 0.15) is 0 Å². The highest BCUT2D eigenvalue weighted by Crippen LogP contribution is 2.07.